The van der Waals surface area contributed by atoms with Crippen LogP contribution in [0.3, 0.4) is 0 Å². The van der Waals surface area contributed by atoms with Crippen LogP contribution in [0.5, 0.6) is 23.0 Å². The van der Waals surface area contributed by atoms with E-state index in [0.717, 1.165) is 16.9 Å². The average Bonchev–Trinajstić information content (AvgIpc) is 2.99. The number of hydrogen-bond donors (Lipinski definition) is 1. The number of benzene rings is 3. The number of amides is 2. The van der Waals surface area contributed by atoms with Crippen molar-refractivity contribution in [1.82, 2.24) is 4.90 Å². The average molecular weight is 477 g/mol. The molecule has 0 bridgehead atoms. The molecule has 1 N–H and O–H groups in total. The third-order valence-corrected chi connectivity index (χ3v) is 5.76. The number of carbonyl (C=O) groups excluding carboxylic acids is 2. The lowest BCUT2D eigenvalue weighted by Crippen LogP contribution is -2.37. The number of carbonyl (C=O) groups is 2. The minimum absolute atomic E-state index is 0.113. The number of anilines is 1. The van der Waals surface area contributed by atoms with Gasteiger partial charge in [-0.2, -0.15) is 0 Å². The lowest BCUT2D eigenvalue weighted by molar-refractivity contribution is -0.138. The van der Waals surface area contributed by atoms with Gasteiger partial charge in [0.1, 0.15) is 23.0 Å². The number of fused-ring (bicyclic) bond motifs is 1. The highest BCUT2D eigenvalue weighted by molar-refractivity contribution is 6.05. The van der Waals surface area contributed by atoms with Crippen molar-refractivity contribution in [3.8, 4) is 23.0 Å². The van der Waals surface area contributed by atoms with Crippen molar-refractivity contribution in [1.29, 1.82) is 0 Å². The van der Waals surface area contributed by atoms with Crippen LogP contribution < -0.4 is 24.3 Å². The molecule has 0 radical (unpaired) electrons. The summed E-state index contributed by atoms with van der Waals surface area (Å²) in [6, 6.07) is 17.9. The summed E-state index contributed by atoms with van der Waals surface area (Å²) in [5.41, 5.74) is 2.73. The van der Waals surface area contributed by atoms with Crippen LogP contribution in [0.15, 0.2) is 60.7 Å². The van der Waals surface area contributed by atoms with Crippen LogP contribution in [0.1, 0.15) is 28.4 Å². The standard InChI is InChI=1S/C27H28N2O6/c1-17-27(31)29(15-18-6-5-7-22(10-18)32-2)16-20-11-21(8-9-25(20)35-17)28-26(30)19-12-23(33-3)14-24(13-19)34-4/h5-14,17H,15-16H2,1-4H3,(H,28,30)/t17-/m0/s1. The van der Waals surface area contributed by atoms with Crippen molar-refractivity contribution in [2.75, 3.05) is 26.6 Å². The largest absolute Gasteiger partial charge is 0.497 e. The first kappa shape index (κ1) is 23.9. The molecular formula is C27H28N2O6. The molecule has 4 rings (SSSR count). The Labute approximate surface area is 204 Å². The van der Waals surface area contributed by atoms with Gasteiger partial charge in [0, 0.05) is 36.0 Å². The van der Waals surface area contributed by atoms with Gasteiger partial charge >= 0.3 is 0 Å². The quantitative estimate of drug-likeness (QED) is 0.548. The number of methoxy groups -OCH3 is 3. The minimum atomic E-state index is -0.633. The Morgan fingerprint density at radius 1 is 0.971 bits per heavy atom. The van der Waals surface area contributed by atoms with E-state index in [1.54, 1.807) is 49.3 Å². The number of rotatable bonds is 7. The molecule has 1 heterocycles. The molecule has 0 fully saturated rings. The zero-order valence-electron chi connectivity index (χ0n) is 20.2. The van der Waals surface area contributed by atoms with Crippen LogP contribution in [0.4, 0.5) is 5.69 Å². The van der Waals surface area contributed by atoms with E-state index >= 15 is 0 Å². The molecule has 35 heavy (non-hydrogen) atoms. The van der Waals surface area contributed by atoms with Gasteiger partial charge in [-0.15, -0.1) is 0 Å². The number of ether oxygens (including phenoxy) is 4. The maximum Gasteiger partial charge on any atom is 0.263 e. The SMILES string of the molecule is COc1cccc(CN2Cc3cc(NC(=O)c4cc(OC)cc(OC)c4)ccc3O[C@@H](C)C2=O)c1. The summed E-state index contributed by atoms with van der Waals surface area (Å²) in [5, 5.41) is 2.91. The molecule has 0 saturated heterocycles. The predicted octanol–water partition coefficient (Wildman–Crippen LogP) is 4.27. The molecule has 0 saturated carbocycles. The molecule has 0 spiro atoms. The third-order valence-electron chi connectivity index (χ3n) is 5.76. The normalized spacial score (nSPS) is 14.9. The molecule has 3 aromatic carbocycles. The van der Waals surface area contributed by atoms with Gasteiger partial charge in [-0.25, -0.2) is 0 Å². The molecule has 3 aromatic rings. The second-order valence-electron chi connectivity index (χ2n) is 8.18. The first-order valence-corrected chi connectivity index (χ1v) is 11.2. The first-order chi connectivity index (χ1) is 16.9. The van der Waals surface area contributed by atoms with Gasteiger partial charge in [-0.3, -0.25) is 9.59 Å². The fourth-order valence-electron chi connectivity index (χ4n) is 3.94. The van der Waals surface area contributed by atoms with Crippen molar-refractivity contribution in [2.45, 2.75) is 26.1 Å². The second kappa shape index (κ2) is 10.4. The molecule has 2 amide bonds. The van der Waals surface area contributed by atoms with Gasteiger partial charge in [0.15, 0.2) is 6.10 Å². The molecule has 1 aliphatic heterocycles. The summed E-state index contributed by atoms with van der Waals surface area (Å²) in [7, 11) is 4.67. The molecule has 8 nitrogen and oxygen atoms in total. The zero-order chi connectivity index (χ0) is 24.9. The van der Waals surface area contributed by atoms with Crippen molar-refractivity contribution in [3.05, 3.63) is 77.4 Å². The Hall–Kier alpha value is -4.20. The Bertz CT molecular complexity index is 1220. The van der Waals surface area contributed by atoms with Crippen LogP contribution in [-0.2, 0) is 17.9 Å². The maximum atomic E-state index is 13.0. The van der Waals surface area contributed by atoms with Crippen molar-refractivity contribution in [2.24, 2.45) is 0 Å². The summed E-state index contributed by atoms with van der Waals surface area (Å²) in [6.45, 7) is 2.48. The summed E-state index contributed by atoms with van der Waals surface area (Å²) in [5.74, 6) is 1.96. The Kier molecular flexibility index (Phi) is 7.10. The van der Waals surface area contributed by atoms with Gasteiger partial charge in [0.05, 0.1) is 21.3 Å². The van der Waals surface area contributed by atoms with E-state index in [4.69, 9.17) is 18.9 Å². The van der Waals surface area contributed by atoms with Crippen LogP contribution in [-0.4, -0.2) is 44.1 Å². The van der Waals surface area contributed by atoms with E-state index in [1.165, 1.54) is 14.2 Å². The number of hydrogen-bond acceptors (Lipinski definition) is 6. The summed E-state index contributed by atoms with van der Waals surface area (Å²) < 4.78 is 21.8. The van der Waals surface area contributed by atoms with Crippen LogP contribution in [0.2, 0.25) is 0 Å². The fourth-order valence-corrected chi connectivity index (χ4v) is 3.94. The molecule has 182 valence electrons. The highest BCUT2D eigenvalue weighted by atomic mass is 16.5. The maximum absolute atomic E-state index is 13.0. The predicted molar refractivity (Wildman–Crippen MR) is 131 cm³/mol. The van der Waals surface area contributed by atoms with Gasteiger partial charge in [0.25, 0.3) is 11.8 Å². The summed E-state index contributed by atoms with van der Waals surface area (Å²) in [4.78, 5) is 27.7. The van der Waals surface area contributed by atoms with Crippen LogP contribution in [0.25, 0.3) is 0 Å². The zero-order valence-corrected chi connectivity index (χ0v) is 20.2. The molecule has 1 aliphatic rings. The lowest BCUT2D eigenvalue weighted by Gasteiger charge is -2.22. The smallest absolute Gasteiger partial charge is 0.263 e. The van der Waals surface area contributed by atoms with Crippen molar-refractivity contribution in [3.63, 3.8) is 0 Å². The third kappa shape index (κ3) is 5.48. The Morgan fingerprint density at radius 2 is 1.69 bits per heavy atom. The van der Waals surface area contributed by atoms with Gasteiger partial charge in [0.2, 0.25) is 0 Å². The van der Waals surface area contributed by atoms with Gasteiger partial charge < -0.3 is 29.2 Å². The highest BCUT2D eigenvalue weighted by Crippen LogP contribution is 2.30. The monoisotopic (exact) mass is 476 g/mol. The van der Waals surface area contributed by atoms with Gasteiger partial charge in [-0.05, 0) is 55.0 Å². The Balaban J connectivity index is 1.57. The van der Waals surface area contributed by atoms with E-state index in [2.05, 4.69) is 5.32 Å². The minimum Gasteiger partial charge on any atom is -0.497 e. The molecule has 8 heteroatoms. The van der Waals surface area contributed by atoms with Crippen molar-refractivity contribution < 1.29 is 28.5 Å². The lowest BCUT2D eigenvalue weighted by atomic mass is 10.1. The second-order valence-corrected chi connectivity index (χ2v) is 8.18. The molecule has 0 aliphatic carbocycles. The van der Waals surface area contributed by atoms with Crippen molar-refractivity contribution >= 4 is 17.5 Å². The van der Waals surface area contributed by atoms with Crippen LogP contribution >= 0.6 is 0 Å². The topological polar surface area (TPSA) is 86.3 Å². The number of nitrogens with zero attached hydrogens (tertiary/aromatic N) is 1. The molecule has 1 atom stereocenters. The molecule has 0 unspecified atom stereocenters. The number of nitrogens with one attached hydrogen (secondary N) is 1. The highest BCUT2D eigenvalue weighted by Gasteiger charge is 2.28. The van der Waals surface area contributed by atoms with E-state index in [0.29, 0.717) is 41.6 Å². The van der Waals surface area contributed by atoms with Crippen LogP contribution in [0, 0.1) is 0 Å². The van der Waals surface area contributed by atoms with E-state index < -0.39 is 6.10 Å². The van der Waals surface area contributed by atoms with E-state index in [-0.39, 0.29) is 11.8 Å². The first-order valence-electron chi connectivity index (χ1n) is 11.2. The Morgan fingerprint density at radius 3 is 2.37 bits per heavy atom. The molecule has 0 aromatic heterocycles. The molecular weight excluding hydrogens is 448 g/mol. The summed E-state index contributed by atoms with van der Waals surface area (Å²) >= 11 is 0. The van der Waals surface area contributed by atoms with E-state index in [1.807, 2.05) is 30.3 Å². The summed E-state index contributed by atoms with van der Waals surface area (Å²) in [6.07, 6.45) is -0.633. The fraction of sp³-hybridized carbons (Fsp3) is 0.259. The van der Waals surface area contributed by atoms with Gasteiger partial charge in [-0.1, -0.05) is 12.1 Å². The van der Waals surface area contributed by atoms with E-state index in [9.17, 15) is 9.59 Å².